The molecule has 4 heteroatoms. The van der Waals surface area contributed by atoms with Crippen LogP contribution in [0, 0.1) is 0 Å². The Balaban J connectivity index is 1.13. The van der Waals surface area contributed by atoms with Crippen molar-refractivity contribution in [2.45, 2.75) is 0 Å². The van der Waals surface area contributed by atoms with E-state index >= 15 is 0 Å². The Morgan fingerprint density at radius 2 is 0.703 bits per heavy atom. The molecule has 0 saturated carbocycles. The van der Waals surface area contributed by atoms with Crippen molar-refractivity contribution in [3.8, 4) is 27.9 Å². The van der Waals surface area contributed by atoms with Crippen molar-refractivity contribution >= 4 is 77.9 Å². The quantitative estimate of drug-likeness (QED) is 0.145. The third-order valence-corrected chi connectivity index (χ3v) is 12.3. The fraction of sp³-hybridized carbons (Fsp3) is 0. The van der Waals surface area contributed by atoms with Crippen LogP contribution < -0.4 is 9.80 Å². The molecule has 0 aliphatic rings. The van der Waals surface area contributed by atoms with E-state index in [1.165, 1.54) is 33.0 Å². The van der Waals surface area contributed by atoms with Crippen LogP contribution in [0.4, 0.5) is 34.1 Å². The van der Waals surface area contributed by atoms with Gasteiger partial charge in [0.15, 0.2) is 0 Å². The molecule has 0 fully saturated rings. The van der Waals surface area contributed by atoms with Crippen LogP contribution in [0.1, 0.15) is 0 Å². The van der Waals surface area contributed by atoms with Gasteiger partial charge in [-0.2, -0.15) is 0 Å². The standard InChI is InChI=1S/C60H41N3O/c1-5-17-42(18-6-1)44-29-33-48(34-30-44)61(46-21-9-3-10-22-46)50-37-51(62(47-23-11-4-12-24-47)49-35-31-45(32-36-49)43-19-7-2-8-20-43)39-52(38-50)63-57-27-15-13-25-53(57)55-40-56-54-26-14-16-28-59(54)64-60(56)41-58(55)63/h1-41H. The van der Waals surface area contributed by atoms with Crippen molar-refractivity contribution in [3.63, 3.8) is 0 Å². The highest BCUT2D eigenvalue weighted by Crippen LogP contribution is 2.45. The zero-order valence-corrected chi connectivity index (χ0v) is 34.9. The first-order chi connectivity index (χ1) is 31.7. The number of rotatable bonds is 9. The maximum Gasteiger partial charge on any atom is 0.137 e. The van der Waals surface area contributed by atoms with Crippen LogP contribution in [0.25, 0.3) is 71.7 Å². The second kappa shape index (κ2) is 15.7. The molecule has 0 N–H and O–H groups in total. The normalized spacial score (nSPS) is 11.4. The molecule has 2 aromatic heterocycles. The smallest absolute Gasteiger partial charge is 0.137 e. The highest BCUT2D eigenvalue weighted by atomic mass is 16.3. The molecule has 0 aliphatic heterocycles. The third-order valence-electron chi connectivity index (χ3n) is 12.3. The molecule has 0 atom stereocenters. The van der Waals surface area contributed by atoms with E-state index in [4.69, 9.17) is 4.42 Å². The Morgan fingerprint density at radius 1 is 0.266 bits per heavy atom. The highest BCUT2D eigenvalue weighted by Gasteiger charge is 2.22. The number of hydrogen-bond donors (Lipinski definition) is 0. The van der Waals surface area contributed by atoms with Gasteiger partial charge in [0.2, 0.25) is 0 Å². The molecule has 10 aromatic carbocycles. The summed E-state index contributed by atoms with van der Waals surface area (Å²) in [7, 11) is 0. The van der Waals surface area contributed by atoms with E-state index in [0.29, 0.717) is 0 Å². The van der Waals surface area contributed by atoms with E-state index in [1.807, 2.05) is 6.07 Å². The Kier molecular flexibility index (Phi) is 9.12. The lowest BCUT2D eigenvalue weighted by atomic mass is 10.0. The molecule has 64 heavy (non-hydrogen) atoms. The summed E-state index contributed by atoms with van der Waals surface area (Å²) in [6.45, 7) is 0. The lowest BCUT2D eigenvalue weighted by Gasteiger charge is -2.30. The van der Waals surface area contributed by atoms with Crippen LogP contribution in [0.15, 0.2) is 253 Å². The van der Waals surface area contributed by atoms with E-state index in [0.717, 1.165) is 72.8 Å². The van der Waals surface area contributed by atoms with Gasteiger partial charge in [-0.05, 0) is 107 Å². The van der Waals surface area contributed by atoms with Crippen LogP contribution in [-0.4, -0.2) is 4.57 Å². The molecule has 12 rings (SSSR count). The predicted molar refractivity (Wildman–Crippen MR) is 268 cm³/mol. The summed E-state index contributed by atoms with van der Waals surface area (Å²) in [4.78, 5) is 4.74. The first kappa shape index (κ1) is 37.2. The fourth-order valence-corrected chi connectivity index (χ4v) is 9.35. The molecule has 302 valence electrons. The van der Waals surface area contributed by atoms with Gasteiger partial charge in [-0.1, -0.05) is 158 Å². The summed E-state index contributed by atoms with van der Waals surface area (Å²) in [5.41, 5.74) is 15.9. The molecule has 0 aliphatic carbocycles. The molecule has 12 aromatic rings. The second-order valence-electron chi connectivity index (χ2n) is 16.2. The topological polar surface area (TPSA) is 24.6 Å². The summed E-state index contributed by atoms with van der Waals surface area (Å²) < 4.78 is 8.97. The number of aromatic nitrogens is 1. The molecule has 0 spiro atoms. The van der Waals surface area contributed by atoms with Crippen molar-refractivity contribution in [1.29, 1.82) is 0 Å². The number of furan rings is 1. The van der Waals surface area contributed by atoms with E-state index in [-0.39, 0.29) is 0 Å². The summed E-state index contributed by atoms with van der Waals surface area (Å²) in [5.74, 6) is 0. The summed E-state index contributed by atoms with van der Waals surface area (Å²) in [6.07, 6.45) is 0. The SMILES string of the molecule is c1ccc(-c2ccc(N(c3ccccc3)c3cc(N(c4ccccc4)c4ccc(-c5ccccc5)cc4)cc(-n4c5ccccc5c5cc6c(cc54)oc4ccccc46)c3)cc2)cc1. The molecule has 2 heterocycles. The van der Waals surface area contributed by atoms with Gasteiger partial charge < -0.3 is 18.8 Å². The molecule has 0 saturated heterocycles. The zero-order chi connectivity index (χ0) is 42.4. The van der Waals surface area contributed by atoms with Crippen molar-refractivity contribution in [1.82, 2.24) is 4.57 Å². The number of nitrogens with zero attached hydrogens (tertiary/aromatic N) is 3. The minimum atomic E-state index is 0.864. The Hall–Kier alpha value is -8.60. The highest BCUT2D eigenvalue weighted by molar-refractivity contribution is 6.17. The monoisotopic (exact) mass is 819 g/mol. The molecular weight excluding hydrogens is 779 g/mol. The predicted octanol–water partition coefficient (Wildman–Crippen LogP) is 17.0. The average molecular weight is 820 g/mol. The van der Waals surface area contributed by atoms with Crippen LogP contribution in [0.3, 0.4) is 0 Å². The van der Waals surface area contributed by atoms with Gasteiger partial charge in [0.25, 0.3) is 0 Å². The van der Waals surface area contributed by atoms with Crippen molar-refractivity contribution in [2.75, 3.05) is 9.80 Å². The Morgan fingerprint density at radius 3 is 1.25 bits per heavy atom. The van der Waals surface area contributed by atoms with E-state index < -0.39 is 0 Å². The lowest BCUT2D eigenvalue weighted by molar-refractivity contribution is 0.669. The van der Waals surface area contributed by atoms with E-state index in [9.17, 15) is 0 Å². The Bertz CT molecular complexity index is 3430. The van der Waals surface area contributed by atoms with Crippen LogP contribution in [-0.2, 0) is 0 Å². The fourth-order valence-electron chi connectivity index (χ4n) is 9.35. The second-order valence-corrected chi connectivity index (χ2v) is 16.2. The first-order valence-electron chi connectivity index (χ1n) is 21.7. The molecule has 0 unspecified atom stereocenters. The minimum Gasteiger partial charge on any atom is -0.456 e. The zero-order valence-electron chi connectivity index (χ0n) is 34.9. The molecular formula is C60H41N3O. The van der Waals surface area contributed by atoms with E-state index in [2.05, 4.69) is 257 Å². The summed E-state index contributed by atoms with van der Waals surface area (Å²) in [5, 5.41) is 4.59. The minimum absolute atomic E-state index is 0.864. The number of hydrogen-bond acceptors (Lipinski definition) is 3. The summed E-state index contributed by atoms with van der Waals surface area (Å²) in [6, 6.07) is 88.9. The first-order valence-corrected chi connectivity index (χ1v) is 21.7. The van der Waals surface area contributed by atoms with Gasteiger partial charge >= 0.3 is 0 Å². The van der Waals surface area contributed by atoms with Crippen LogP contribution in [0.5, 0.6) is 0 Å². The average Bonchev–Trinajstić information content (AvgIpc) is 3.90. The maximum atomic E-state index is 6.56. The van der Waals surface area contributed by atoms with Crippen molar-refractivity contribution in [3.05, 3.63) is 249 Å². The number of anilines is 6. The number of para-hydroxylation sites is 4. The van der Waals surface area contributed by atoms with Crippen LogP contribution >= 0.6 is 0 Å². The molecule has 4 nitrogen and oxygen atoms in total. The van der Waals surface area contributed by atoms with Gasteiger partial charge in [-0.25, -0.2) is 0 Å². The number of benzene rings is 10. The van der Waals surface area contributed by atoms with Gasteiger partial charge in [-0.15, -0.1) is 0 Å². The largest absolute Gasteiger partial charge is 0.456 e. The molecule has 0 radical (unpaired) electrons. The summed E-state index contributed by atoms with van der Waals surface area (Å²) >= 11 is 0. The van der Waals surface area contributed by atoms with Gasteiger partial charge in [0, 0.05) is 50.4 Å². The van der Waals surface area contributed by atoms with Gasteiger partial charge in [-0.3, -0.25) is 0 Å². The van der Waals surface area contributed by atoms with Gasteiger partial charge in [0.1, 0.15) is 11.2 Å². The number of fused-ring (bicyclic) bond motifs is 6. The van der Waals surface area contributed by atoms with E-state index in [1.54, 1.807) is 0 Å². The van der Waals surface area contributed by atoms with Gasteiger partial charge in [0.05, 0.1) is 28.1 Å². The van der Waals surface area contributed by atoms with Crippen LogP contribution in [0.2, 0.25) is 0 Å². The Labute approximate surface area is 371 Å². The third kappa shape index (κ3) is 6.57. The van der Waals surface area contributed by atoms with Crippen molar-refractivity contribution in [2.24, 2.45) is 0 Å². The molecule has 0 amide bonds. The lowest BCUT2D eigenvalue weighted by Crippen LogP contribution is -2.14. The van der Waals surface area contributed by atoms with Crippen molar-refractivity contribution < 1.29 is 4.42 Å². The maximum absolute atomic E-state index is 6.56. The molecule has 0 bridgehead atoms.